The van der Waals surface area contributed by atoms with Crippen LogP contribution >= 0.6 is 11.8 Å². The Hall–Kier alpha value is -2.53. The topological polar surface area (TPSA) is 41.0 Å². The first kappa shape index (κ1) is 16.9. The van der Waals surface area contributed by atoms with Crippen LogP contribution in [0.5, 0.6) is 0 Å². The summed E-state index contributed by atoms with van der Waals surface area (Å²) in [6.45, 7) is 2.05. The van der Waals surface area contributed by atoms with E-state index in [4.69, 9.17) is 0 Å². The average molecular weight is 363 g/mol. The Morgan fingerprint density at radius 1 is 1.08 bits per heavy atom. The second-order valence-corrected chi connectivity index (χ2v) is 7.45. The van der Waals surface area contributed by atoms with E-state index >= 15 is 0 Å². The van der Waals surface area contributed by atoms with E-state index in [0.717, 1.165) is 29.6 Å². The first-order valence-corrected chi connectivity index (χ1v) is 9.40. The van der Waals surface area contributed by atoms with Gasteiger partial charge in [0.1, 0.15) is 5.03 Å². The van der Waals surface area contributed by atoms with E-state index in [2.05, 4.69) is 62.6 Å². The number of nitrogens with one attached hydrogen (secondary N) is 1. The van der Waals surface area contributed by atoms with Gasteiger partial charge in [0.25, 0.3) is 0 Å². The number of para-hydroxylation sites is 1. The summed E-state index contributed by atoms with van der Waals surface area (Å²) in [5.41, 5.74) is 5.28. The molecule has 2 aliphatic rings. The van der Waals surface area contributed by atoms with Crippen LogP contribution in [0.1, 0.15) is 25.0 Å². The molecule has 0 saturated heterocycles. The zero-order valence-electron chi connectivity index (χ0n) is 13.8. The summed E-state index contributed by atoms with van der Waals surface area (Å²) in [5, 5.41) is 4.36. The third-order valence-electron chi connectivity index (χ3n) is 4.75. The molecule has 1 aromatic heterocycles. The highest BCUT2D eigenvalue weighted by molar-refractivity contribution is 7.99. The zero-order chi connectivity index (χ0) is 16.6. The van der Waals surface area contributed by atoms with Crippen LogP contribution in [0, 0.1) is 0 Å². The lowest BCUT2D eigenvalue weighted by atomic mass is 10.0. The maximum absolute atomic E-state index is 4.39. The Kier molecular flexibility index (Phi) is 4.55. The molecule has 0 amide bonds. The maximum Gasteiger partial charge on any atom is 0.163 e. The van der Waals surface area contributed by atoms with Crippen molar-refractivity contribution in [3.63, 3.8) is 0 Å². The summed E-state index contributed by atoms with van der Waals surface area (Å²) < 4.78 is 0. The molecule has 0 fully saturated rings. The van der Waals surface area contributed by atoms with Crippen LogP contribution < -0.4 is 10.2 Å². The lowest BCUT2D eigenvalue weighted by molar-refractivity contribution is 0.691. The lowest BCUT2D eigenvalue weighted by Gasteiger charge is -2.31. The number of nitrogens with zero attached hydrogens (tertiary/aromatic N) is 3. The summed E-state index contributed by atoms with van der Waals surface area (Å²) in [5.74, 6) is 0.848. The van der Waals surface area contributed by atoms with Crippen LogP contribution in [0.15, 0.2) is 64.8 Å². The Labute approximate surface area is 158 Å². The first-order valence-electron chi connectivity index (χ1n) is 8.58. The van der Waals surface area contributed by atoms with Crippen LogP contribution in [0.3, 0.4) is 0 Å². The van der Waals surface area contributed by atoms with Crippen LogP contribution in [0.2, 0.25) is 0 Å². The number of hydrogen-bond donors (Lipinski definition) is 1. The number of aromatic nitrogens is 2. The number of rotatable bonds is 2. The minimum absolute atomic E-state index is 0. The molecule has 26 heavy (non-hydrogen) atoms. The monoisotopic (exact) mass is 362 g/mol. The van der Waals surface area contributed by atoms with Gasteiger partial charge in [0.2, 0.25) is 0 Å². The molecule has 0 spiro atoms. The quantitative estimate of drug-likeness (QED) is 0.526. The molecule has 5 heteroatoms. The predicted molar refractivity (Wildman–Crippen MR) is 108 cm³/mol. The maximum atomic E-state index is 4.39. The van der Waals surface area contributed by atoms with Gasteiger partial charge in [0.15, 0.2) is 5.82 Å². The fourth-order valence-electron chi connectivity index (χ4n) is 3.58. The van der Waals surface area contributed by atoms with E-state index in [0.29, 0.717) is 0 Å². The summed E-state index contributed by atoms with van der Waals surface area (Å²) in [6, 6.07) is 15.4. The van der Waals surface area contributed by atoms with Crippen molar-refractivity contribution in [1.29, 1.82) is 0 Å². The van der Waals surface area contributed by atoms with Gasteiger partial charge < -0.3 is 10.2 Å². The van der Waals surface area contributed by atoms with Crippen molar-refractivity contribution < 1.29 is 0 Å². The van der Waals surface area contributed by atoms with E-state index in [1.165, 1.54) is 34.6 Å². The third kappa shape index (κ3) is 3.03. The van der Waals surface area contributed by atoms with Gasteiger partial charge in [-0.15, -0.1) is 0 Å². The molecule has 4 nitrogen and oxygen atoms in total. The normalized spacial score (nSPS) is 14.4. The lowest BCUT2D eigenvalue weighted by Crippen LogP contribution is -2.28. The van der Waals surface area contributed by atoms with E-state index in [-0.39, 0.29) is 7.43 Å². The smallest absolute Gasteiger partial charge is 0.163 e. The molecule has 0 unspecified atom stereocenters. The second kappa shape index (κ2) is 7.00. The van der Waals surface area contributed by atoms with Crippen molar-refractivity contribution in [1.82, 2.24) is 9.97 Å². The van der Waals surface area contributed by atoms with Crippen molar-refractivity contribution in [2.45, 2.75) is 36.7 Å². The van der Waals surface area contributed by atoms with E-state index in [9.17, 15) is 0 Å². The van der Waals surface area contributed by atoms with E-state index in [1.54, 1.807) is 24.2 Å². The molecule has 3 heterocycles. The zero-order valence-corrected chi connectivity index (χ0v) is 14.6. The number of hydrogen-bond acceptors (Lipinski definition) is 5. The summed E-state index contributed by atoms with van der Waals surface area (Å²) >= 11 is 1.68. The molecule has 132 valence electrons. The largest absolute Gasteiger partial charge is 0.367 e. The van der Waals surface area contributed by atoms with Gasteiger partial charge in [-0.2, -0.15) is 0 Å². The number of fused-ring (bicyclic) bond motifs is 3. The highest BCUT2D eigenvalue weighted by atomic mass is 32.2. The van der Waals surface area contributed by atoms with Crippen LogP contribution in [0.25, 0.3) is 0 Å². The molecule has 2 aliphatic heterocycles. The Morgan fingerprint density at radius 2 is 1.96 bits per heavy atom. The molecule has 0 radical (unpaired) electrons. The van der Waals surface area contributed by atoms with Crippen molar-refractivity contribution in [2.24, 2.45) is 0 Å². The van der Waals surface area contributed by atoms with Crippen molar-refractivity contribution in [3.05, 3.63) is 66.0 Å². The van der Waals surface area contributed by atoms with Gasteiger partial charge in [-0.05, 0) is 42.2 Å². The van der Waals surface area contributed by atoms with Gasteiger partial charge >= 0.3 is 0 Å². The number of aryl methyl sites for hydroxylation is 1. The van der Waals surface area contributed by atoms with Gasteiger partial charge in [0, 0.05) is 36.1 Å². The van der Waals surface area contributed by atoms with Gasteiger partial charge in [-0.1, -0.05) is 43.5 Å². The molecule has 2 aromatic carbocycles. The molecule has 0 saturated carbocycles. The molecule has 3 aromatic rings. The summed E-state index contributed by atoms with van der Waals surface area (Å²) in [6.07, 6.45) is 5.87. The van der Waals surface area contributed by atoms with Crippen LogP contribution in [0.4, 0.5) is 17.2 Å². The fourth-order valence-corrected chi connectivity index (χ4v) is 4.45. The Bertz CT molecular complexity index is 941. The fraction of sp³-hybridized carbons (Fsp3) is 0.238. The molecule has 0 bridgehead atoms. The molecular formula is C21H22N4S. The molecular weight excluding hydrogens is 340 g/mol. The van der Waals surface area contributed by atoms with Crippen LogP contribution in [-0.4, -0.2) is 16.5 Å². The molecule has 0 atom stereocenters. The number of benzene rings is 2. The van der Waals surface area contributed by atoms with Gasteiger partial charge in [0.05, 0.1) is 5.69 Å². The molecule has 0 aliphatic carbocycles. The van der Waals surface area contributed by atoms with Gasteiger partial charge in [-0.3, -0.25) is 0 Å². The van der Waals surface area contributed by atoms with Gasteiger partial charge in [-0.25, -0.2) is 9.97 Å². The van der Waals surface area contributed by atoms with E-state index < -0.39 is 0 Å². The highest BCUT2D eigenvalue weighted by Gasteiger charge is 2.20. The van der Waals surface area contributed by atoms with Crippen LogP contribution in [-0.2, 0) is 13.0 Å². The predicted octanol–water partition coefficient (Wildman–Crippen LogP) is 5.27. The third-order valence-corrected chi connectivity index (χ3v) is 5.82. The number of anilines is 3. The molecule has 5 rings (SSSR count). The second-order valence-electron chi connectivity index (χ2n) is 6.42. The Morgan fingerprint density at radius 3 is 2.92 bits per heavy atom. The Balaban J connectivity index is 0.00000168. The van der Waals surface area contributed by atoms with E-state index in [1.807, 2.05) is 0 Å². The summed E-state index contributed by atoms with van der Waals surface area (Å²) in [7, 11) is 0. The average Bonchev–Trinajstić information content (AvgIpc) is 2.67. The minimum Gasteiger partial charge on any atom is -0.367 e. The van der Waals surface area contributed by atoms with Crippen molar-refractivity contribution in [3.8, 4) is 0 Å². The first-order chi connectivity index (χ1) is 12.4. The summed E-state index contributed by atoms with van der Waals surface area (Å²) in [4.78, 5) is 12.5. The van der Waals surface area contributed by atoms with Crippen molar-refractivity contribution in [2.75, 3.05) is 16.8 Å². The SMILES string of the molecule is C.c1ccc2c(c1)CCCN2Cc1ccc2c(c1)Nc1nccnc1S2. The highest BCUT2D eigenvalue weighted by Crippen LogP contribution is 2.42. The minimum atomic E-state index is 0. The van der Waals surface area contributed by atoms with Crippen molar-refractivity contribution >= 4 is 29.0 Å². The molecule has 1 N–H and O–H groups in total. The standard InChI is InChI=1S/C20H18N4S.CH4/c1-2-6-17-15(4-1)5-3-11-24(17)13-14-7-8-18-16(12-14)23-19-20(25-18)22-10-9-21-19;/h1-2,4,6-10,12H,3,5,11,13H2,(H,21,23);1H4.